The summed E-state index contributed by atoms with van der Waals surface area (Å²) in [7, 11) is 0. The minimum Gasteiger partial charge on any atom is -0.465 e. The molecule has 1 fully saturated rings. The number of ether oxygens (including phenoxy) is 1. The lowest BCUT2D eigenvalue weighted by atomic mass is 10.1. The van der Waals surface area contributed by atoms with Crippen molar-refractivity contribution in [3.8, 4) is 6.07 Å². The van der Waals surface area contributed by atoms with Crippen LogP contribution in [-0.2, 0) is 9.53 Å². The van der Waals surface area contributed by atoms with E-state index in [4.69, 9.17) is 10.00 Å². The molecule has 5 nitrogen and oxygen atoms in total. The first kappa shape index (κ1) is 15.9. The van der Waals surface area contributed by atoms with Gasteiger partial charge >= 0.3 is 5.97 Å². The fourth-order valence-electron chi connectivity index (χ4n) is 2.48. The number of esters is 1. The van der Waals surface area contributed by atoms with Gasteiger partial charge in [0.15, 0.2) is 0 Å². The molecule has 0 radical (unpaired) electrons. The molecule has 0 aromatic rings. The highest BCUT2D eigenvalue weighted by atomic mass is 16.5. The van der Waals surface area contributed by atoms with E-state index in [1.807, 2.05) is 13.8 Å². The normalized spacial score (nSPS) is 20.5. The van der Waals surface area contributed by atoms with E-state index in [1.165, 1.54) is 0 Å². The fourth-order valence-corrected chi connectivity index (χ4v) is 2.48. The number of hydrogen-bond acceptors (Lipinski definition) is 5. The zero-order valence-corrected chi connectivity index (χ0v) is 12.3. The molecule has 0 aromatic carbocycles. The molecule has 1 saturated heterocycles. The Morgan fingerprint density at radius 2 is 1.84 bits per heavy atom. The number of carbonyl (C=O) groups is 1. The van der Waals surface area contributed by atoms with Crippen molar-refractivity contribution >= 4 is 5.97 Å². The van der Waals surface area contributed by atoms with Crippen LogP contribution in [0.15, 0.2) is 0 Å². The highest BCUT2D eigenvalue weighted by Gasteiger charge is 2.30. The molecule has 0 amide bonds. The summed E-state index contributed by atoms with van der Waals surface area (Å²) in [6.07, 6.45) is 1.81. The second-order valence-electron chi connectivity index (χ2n) is 4.93. The molecule has 0 aliphatic carbocycles. The Morgan fingerprint density at radius 1 is 1.26 bits per heavy atom. The molecule has 2 atom stereocenters. The lowest BCUT2D eigenvalue weighted by Gasteiger charge is -2.39. The molecule has 1 rings (SSSR count). The minimum absolute atomic E-state index is 0.0469. The summed E-state index contributed by atoms with van der Waals surface area (Å²) in [5.74, 6) is -0.105. The first-order valence-electron chi connectivity index (χ1n) is 7.18. The van der Waals surface area contributed by atoms with Crippen LogP contribution in [0, 0.1) is 11.3 Å². The highest BCUT2D eigenvalue weighted by Crippen LogP contribution is 2.14. The summed E-state index contributed by atoms with van der Waals surface area (Å²) in [5, 5.41) is 8.93. The molecule has 1 aliphatic rings. The number of nitriles is 1. The molecule has 0 aromatic heterocycles. The van der Waals surface area contributed by atoms with E-state index in [2.05, 4.69) is 22.8 Å². The third-order valence-electron chi connectivity index (χ3n) is 3.64. The van der Waals surface area contributed by atoms with Crippen molar-refractivity contribution in [3.05, 3.63) is 0 Å². The Balaban J connectivity index is 2.55. The van der Waals surface area contributed by atoms with Gasteiger partial charge in [-0.2, -0.15) is 5.26 Å². The van der Waals surface area contributed by atoms with E-state index in [0.29, 0.717) is 6.61 Å². The van der Waals surface area contributed by atoms with Gasteiger partial charge in [-0.1, -0.05) is 13.3 Å². The van der Waals surface area contributed by atoms with Crippen LogP contribution < -0.4 is 0 Å². The molecule has 5 heteroatoms. The second kappa shape index (κ2) is 8.13. The average molecular weight is 267 g/mol. The molecular formula is C14H25N3O2. The first-order valence-corrected chi connectivity index (χ1v) is 7.18. The van der Waals surface area contributed by atoms with Crippen LogP contribution in [0.3, 0.4) is 0 Å². The number of hydrogen-bond donors (Lipinski definition) is 0. The van der Waals surface area contributed by atoms with Gasteiger partial charge in [-0.05, 0) is 20.3 Å². The zero-order chi connectivity index (χ0) is 14.3. The molecule has 0 spiro atoms. The van der Waals surface area contributed by atoms with Crippen LogP contribution >= 0.6 is 0 Å². The summed E-state index contributed by atoms with van der Waals surface area (Å²) in [5.41, 5.74) is 0. The van der Waals surface area contributed by atoms with E-state index >= 15 is 0 Å². The predicted octanol–water partition coefficient (Wildman–Crippen LogP) is 1.25. The van der Waals surface area contributed by atoms with Crippen LogP contribution in [0.25, 0.3) is 0 Å². The molecule has 108 valence electrons. The summed E-state index contributed by atoms with van der Waals surface area (Å²) in [4.78, 5) is 16.3. The Hall–Kier alpha value is -1.12. The van der Waals surface area contributed by atoms with Crippen molar-refractivity contribution in [1.29, 1.82) is 5.26 Å². The number of rotatable bonds is 6. The molecule has 1 heterocycles. The van der Waals surface area contributed by atoms with E-state index < -0.39 is 0 Å². The summed E-state index contributed by atoms with van der Waals surface area (Å²) in [6, 6.07) is 2.09. The van der Waals surface area contributed by atoms with Gasteiger partial charge in [0, 0.05) is 26.2 Å². The van der Waals surface area contributed by atoms with Crippen LogP contribution in [-0.4, -0.2) is 60.6 Å². The molecule has 19 heavy (non-hydrogen) atoms. The molecule has 0 N–H and O–H groups in total. The van der Waals surface area contributed by atoms with Crippen molar-refractivity contribution in [2.75, 3.05) is 32.8 Å². The zero-order valence-electron chi connectivity index (χ0n) is 12.3. The van der Waals surface area contributed by atoms with Gasteiger partial charge in [0.2, 0.25) is 0 Å². The van der Waals surface area contributed by atoms with Gasteiger partial charge in [-0.25, -0.2) is 0 Å². The number of piperazine rings is 1. The maximum atomic E-state index is 12.0. The summed E-state index contributed by atoms with van der Waals surface area (Å²) >= 11 is 0. The maximum Gasteiger partial charge on any atom is 0.323 e. The Morgan fingerprint density at radius 3 is 2.32 bits per heavy atom. The van der Waals surface area contributed by atoms with Gasteiger partial charge in [0.1, 0.15) is 6.04 Å². The topological polar surface area (TPSA) is 56.6 Å². The Kier molecular flexibility index (Phi) is 6.82. The molecular weight excluding hydrogens is 242 g/mol. The molecule has 0 bridgehead atoms. The number of nitrogens with zero attached hydrogens (tertiary/aromatic N) is 3. The smallest absolute Gasteiger partial charge is 0.323 e. The Bertz CT molecular complexity index is 319. The van der Waals surface area contributed by atoms with Crippen molar-refractivity contribution in [3.63, 3.8) is 0 Å². The van der Waals surface area contributed by atoms with E-state index in [-0.39, 0.29) is 18.1 Å². The lowest BCUT2D eigenvalue weighted by molar-refractivity contribution is -0.150. The monoisotopic (exact) mass is 267 g/mol. The molecule has 0 saturated carbocycles. The van der Waals surface area contributed by atoms with Crippen LogP contribution in [0.1, 0.15) is 33.6 Å². The third-order valence-corrected chi connectivity index (χ3v) is 3.64. The standard InChI is InChI=1S/C14H25N3O2/c1-4-6-13(14(18)19-5-2)17-9-7-16(8-10-17)12(3)11-15/h12-13H,4-10H2,1-3H3. The lowest BCUT2D eigenvalue weighted by Crippen LogP contribution is -2.54. The molecule has 1 aliphatic heterocycles. The van der Waals surface area contributed by atoms with E-state index in [0.717, 1.165) is 39.0 Å². The molecule has 2 unspecified atom stereocenters. The van der Waals surface area contributed by atoms with Gasteiger partial charge in [-0.3, -0.25) is 14.6 Å². The average Bonchev–Trinajstić information content (AvgIpc) is 2.44. The third kappa shape index (κ3) is 4.48. The first-order chi connectivity index (χ1) is 9.13. The van der Waals surface area contributed by atoms with Crippen LogP contribution in [0.2, 0.25) is 0 Å². The van der Waals surface area contributed by atoms with Crippen LogP contribution in [0.4, 0.5) is 0 Å². The quantitative estimate of drug-likeness (QED) is 0.678. The van der Waals surface area contributed by atoms with Gasteiger partial charge in [-0.15, -0.1) is 0 Å². The predicted molar refractivity (Wildman–Crippen MR) is 73.6 cm³/mol. The second-order valence-corrected chi connectivity index (χ2v) is 4.93. The van der Waals surface area contributed by atoms with E-state index in [1.54, 1.807) is 0 Å². The minimum atomic E-state index is -0.121. The number of carbonyl (C=O) groups excluding carboxylic acids is 1. The maximum absolute atomic E-state index is 12.0. The van der Waals surface area contributed by atoms with Crippen molar-refractivity contribution in [2.45, 2.75) is 45.7 Å². The van der Waals surface area contributed by atoms with Crippen molar-refractivity contribution < 1.29 is 9.53 Å². The highest BCUT2D eigenvalue weighted by molar-refractivity contribution is 5.75. The van der Waals surface area contributed by atoms with Gasteiger partial charge < -0.3 is 4.74 Å². The van der Waals surface area contributed by atoms with Gasteiger partial charge in [0.05, 0.1) is 18.7 Å². The van der Waals surface area contributed by atoms with E-state index in [9.17, 15) is 4.79 Å². The largest absolute Gasteiger partial charge is 0.465 e. The van der Waals surface area contributed by atoms with Gasteiger partial charge in [0.25, 0.3) is 0 Å². The van der Waals surface area contributed by atoms with Crippen LogP contribution in [0.5, 0.6) is 0 Å². The van der Waals surface area contributed by atoms with Crippen molar-refractivity contribution in [2.24, 2.45) is 0 Å². The Labute approximate surface area is 116 Å². The summed E-state index contributed by atoms with van der Waals surface area (Å²) in [6.45, 7) is 9.62. The fraction of sp³-hybridized carbons (Fsp3) is 0.857. The van der Waals surface area contributed by atoms with Crippen molar-refractivity contribution in [1.82, 2.24) is 9.80 Å². The SMILES string of the molecule is CCCC(C(=O)OCC)N1CCN(C(C)C#N)CC1. The summed E-state index contributed by atoms with van der Waals surface area (Å²) < 4.78 is 5.16.